The molecule has 1 aromatic rings. The van der Waals surface area contributed by atoms with Crippen LogP contribution in [0.25, 0.3) is 0 Å². The first-order valence-corrected chi connectivity index (χ1v) is 8.60. The van der Waals surface area contributed by atoms with Crippen molar-refractivity contribution in [3.63, 3.8) is 0 Å². The molecule has 2 rings (SSSR count). The number of carboxylic acids is 1. The molecule has 0 saturated heterocycles. The Morgan fingerprint density at radius 1 is 1.12 bits per heavy atom. The summed E-state index contributed by atoms with van der Waals surface area (Å²) in [5.74, 6) is -2.09. The number of amides is 1. The maximum atomic E-state index is 12.6. The third kappa shape index (κ3) is 4.70. The summed E-state index contributed by atoms with van der Waals surface area (Å²) in [5.41, 5.74) is 3.49. The molecule has 0 aromatic heterocycles. The topological polar surface area (TPSA) is 66.4 Å². The van der Waals surface area contributed by atoms with Crippen molar-refractivity contribution in [3.8, 4) is 0 Å². The number of rotatable bonds is 6. The summed E-state index contributed by atoms with van der Waals surface area (Å²) < 4.78 is 0. The first-order valence-electron chi connectivity index (χ1n) is 8.60. The van der Waals surface area contributed by atoms with E-state index in [-0.39, 0.29) is 11.9 Å². The Bertz CT molecular complexity index is 621. The maximum Gasteiger partial charge on any atom is 0.307 e. The Kier molecular flexibility index (Phi) is 6.18. The van der Waals surface area contributed by atoms with Crippen molar-refractivity contribution in [2.24, 2.45) is 11.8 Å². The Balaban J connectivity index is 1.93. The van der Waals surface area contributed by atoms with E-state index >= 15 is 0 Å². The zero-order valence-corrected chi connectivity index (χ0v) is 14.7. The molecule has 0 unspecified atom stereocenters. The monoisotopic (exact) mass is 329 g/mol. The Morgan fingerprint density at radius 3 is 2.29 bits per heavy atom. The Morgan fingerprint density at radius 2 is 1.71 bits per heavy atom. The van der Waals surface area contributed by atoms with Gasteiger partial charge in [-0.2, -0.15) is 0 Å². The van der Waals surface area contributed by atoms with E-state index in [4.69, 9.17) is 0 Å². The van der Waals surface area contributed by atoms with E-state index in [0.29, 0.717) is 12.8 Å². The molecule has 0 saturated carbocycles. The standard InChI is InChI=1S/C20H27NO3/c1-13-11-17(18(20(23)24)12-14(13)2)19(22)21-15(3)9-10-16-7-5-4-6-8-16/h4-8,15,17-18H,9-12H2,1-3H3,(H,21,22)(H,23,24)/t15-,17+,18-/m1/s1. The number of carbonyl (C=O) groups is 2. The highest BCUT2D eigenvalue weighted by atomic mass is 16.4. The highest BCUT2D eigenvalue weighted by molar-refractivity contribution is 5.85. The molecule has 0 aliphatic heterocycles. The van der Waals surface area contributed by atoms with Crippen LogP contribution in [0, 0.1) is 11.8 Å². The van der Waals surface area contributed by atoms with E-state index in [1.54, 1.807) is 0 Å². The van der Waals surface area contributed by atoms with Crippen LogP contribution >= 0.6 is 0 Å². The second-order valence-electron chi connectivity index (χ2n) is 6.95. The number of allylic oxidation sites excluding steroid dienone is 2. The van der Waals surface area contributed by atoms with Crippen LogP contribution in [-0.2, 0) is 16.0 Å². The van der Waals surface area contributed by atoms with E-state index in [2.05, 4.69) is 17.4 Å². The van der Waals surface area contributed by atoms with Crippen LogP contribution in [0.5, 0.6) is 0 Å². The van der Waals surface area contributed by atoms with Gasteiger partial charge in [0.2, 0.25) is 5.91 Å². The van der Waals surface area contributed by atoms with E-state index in [1.165, 1.54) is 5.56 Å². The summed E-state index contributed by atoms with van der Waals surface area (Å²) >= 11 is 0. The largest absolute Gasteiger partial charge is 0.481 e. The van der Waals surface area contributed by atoms with Gasteiger partial charge in [0, 0.05) is 6.04 Å². The molecule has 0 bridgehead atoms. The van der Waals surface area contributed by atoms with Crippen molar-refractivity contribution < 1.29 is 14.7 Å². The lowest BCUT2D eigenvalue weighted by Gasteiger charge is -2.30. The van der Waals surface area contributed by atoms with Gasteiger partial charge >= 0.3 is 5.97 Å². The fourth-order valence-electron chi connectivity index (χ4n) is 3.28. The van der Waals surface area contributed by atoms with Gasteiger partial charge in [0.25, 0.3) is 0 Å². The van der Waals surface area contributed by atoms with Gasteiger partial charge in [-0.15, -0.1) is 0 Å². The lowest BCUT2D eigenvalue weighted by molar-refractivity contribution is -0.147. The Labute approximate surface area is 144 Å². The normalized spacial score (nSPS) is 22.1. The summed E-state index contributed by atoms with van der Waals surface area (Å²) in [5, 5.41) is 12.5. The zero-order valence-electron chi connectivity index (χ0n) is 14.7. The van der Waals surface area contributed by atoms with Crippen LogP contribution in [0.1, 0.15) is 45.6 Å². The fraction of sp³-hybridized carbons (Fsp3) is 0.500. The second kappa shape index (κ2) is 8.13. The summed E-state index contributed by atoms with van der Waals surface area (Å²) in [7, 11) is 0. The molecular weight excluding hydrogens is 302 g/mol. The van der Waals surface area contributed by atoms with Crippen LogP contribution in [-0.4, -0.2) is 23.0 Å². The predicted octanol–water partition coefficient (Wildman–Crippen LogP) is 3.57. The molecule has 24 heavy (non-hydrogen) atoms. The summed E-state index contributed by atoms with van der Waals surface area (Å²) in [6.07, 6.45) is 2.75. The maximum absolute atomic E-state index is 12.6. The fourth-order valence-corrected chi connectivity index (χ4v) is 3.28. The molecule has 1 amide bonds. The van der Waals surface area contributed by atoms with Gasteiger partial charge in [-0.25, -0.2) is 0 Å². The molecular formula is C20H27NO3. The molecule has 3 atom stereocenters. The molecule has 0 spiro atoms. The number of carboxylic acid groups (broad SMARTS) is 1. The van der Waals surface area contributed by atoms with Crippen molar-refractivity contribution in [1.82, 2.24) is 5.32 Å². The van der Waals surface area contributed by atoms with Crippen LogP contribution in [0.15, 0.2) is 41.5 Å². The average Bonchev–Trinajstić information content (AvgIpc) is 2.55. The van der Waals surface area contributed by atoms with Gasteiger partial charge < -0.3 is 10.4 Å². The van der Waals surface area contributed by atoms with E-state index in [1.807, 2.05) is 39.0 Å². The lowest BCUT2D eigenvalue weighted by atomic mass is 9.76. The minimum Gasteiger partial charge on any atom is -0.481 e. The van der Waals surface area contributed by atoms with Crippen LogP contribution in [0.4, 0.5) is 0 Å². The smallest absolute Gasteiger partial charge is 0.307 e. The van der Waals surface area contributed by atoms with Crippen LogP contribution in [0.3, 0.4) is 0 Å². The van der Waals surface area contributed by atoms with E-state index < -0.39 is 17.8 Å². The third-order valence-corrected chi connectivity index (χ3v) is 5.02. The van der Waals surface area contributed by atoms with Crippen molar-refractivity contribution in [2.45, 2.75) is 52.5 Å². The molecule has 1 aliphatic rings. The van der Waals surface area contributed by atoms with Gasteiger partial charge in [-0.3, -0.25) is 9.59 Å². The number of nitrogens with one attached hydrogen (secondary N) is 1. The van der Waals surface area contributed by atoms with Gasteiger partial charge in [0.1, 0.15) is 0 Å². The molecule has 0 radical (unpaired) electrons. The quantitative estimate of drug-likeness (QED) is 0.784. The van der Waals surface area contributed by atoms with Gasteiger partial charge in [-0.1, -0.05) is 41.5 Å². The predicted molar refractivity (Wildman–Crippen MR) is 94.6 cm³/mol. The molecule has 4 nitrogen and oxygen atoms in total. The lowest BCUT2D eigenvalue weighted by Crippen LogP contribution is -2.43. The molecule has 0 fully saturated rings. The van der Waals surface area contributed by atoms with Gasteiger partial charge in [0.15, 0.2) is 0 Å². The average molecular weight is 329 g/mol. The van der Waals surface area contributed by atoms with Crippen molar-refractivity contribution >= 4 is 11.9 Å². The second-order valence-corrected chi connectivity index (χ2v) is 6.95. The minimum absolute atomic E-state index is 0.0273. The SMILES string of the molecule is CC1=C(C)C[C@@H](C(=O)O)[C@@H](C(=O)N[C@H](C)CCc2ccccc2)C1. The minimum atomic E-state index is -0.876. The van der Waals surface area contributed by atoms with Gasteiger partial charge in [0.05, 0.1) is 11.8 Å². The molecule has 130 valence electrons. The first kappa shape index (κ1) is 18.2. The molecule has 4 heteroatoms. The highest BCUT2D eigenvalue weighted by Crippen LogP contribution is 2.34. The molecule has 1 aliphatic carbocycles. The number of aryl methyl sites for hydroxylation is 1. The summed E-state index contributed by atoms with van der Waals surface area (Å²) in [6, 6.07) is 10.2. The van der Waals surface area contributed by atoms with Crippen molar-refractivity contribution in [1.29, 1.82) is 0 Å². The number of hydrogen-bond donors (Lipinski definition) is 2. The molecule has 1 aromatic carbocycles. The molecule has 2 N–H and O–H groups in total. The first-order chi connectivity index (χ1) is 11.4. The number of carbonyl (C=O) groups excluding carboxylic acids is 1. The van der Waals surface area contributed by atoms with Gasteiger partial charge in [-0.05, 0) is 52.0 Å². The number of benzene rings is 1. The number of aliphatic carboxylic acids is 1. The van der Waals surface area contributed by atoms with Crippen molar-refractivity contribution in [2.75, 3.05) is 0 Å². The summed E-state index contributed by atoms with van der Waals surface area (Å²) in [6.45, 7) is 5.93. The highest BCUT2D eigenvalue weighted by Gasteiger charge is 2.37. The van der Waals surface area contributed by atoms with E-state index in [0.717, 1.165) is 24.0 Å². The zero-order chi connectivity index (χ0) is 17.7. The summed E-state index contributed by atoms with van der Waals surface area (Å²) in [4.78, 5) is 24.1. The van der Waals surface area contributed by atoms with Crippen molar-refractivity contribution in [3.05, 3.63) is 47.0 Å². The molecule has 0 heterocycles. The number of hydrogen-bond acceptors (Lipinski definition) is 2. The van der Waals surface area contributed by atoms with Crippen LogP contribution in [0.2, 0.25) is 0 Å². The van der Waals surface area contributed by atoms with E-state index in [9.17, 15) is 14.7 Å². The third-order valence-electron chi connectivity index (χ3n) is 5.02. The Hall–Kier alpha value is -2.10. The van der Waals surface area contributed by atoms with Crippen LogP contribution < -0.4 is 5.32 Å².